The van der Waals surface area contributed by atoms with E-state index in [0.29, 0.717) is 5.88 Å². The fourth-order valence-corrected chi connectivity index (χ4v) is 3.16. The molecule has 0 aromatic rings. The van der Waals surface area contributed by atoms with Crippen LogP contribution in [0.1, 0.15) is 26.2 Å². The quantitative estimate of drug-likeness (QED) is 0.559. The van der Waals surface area contributed by atoms with Gasteiger partial charge in [0.05, 0.1) is 0 Å². The van der Waals surface area contributed by atoms with Gasteiger partial charge in [0.1, 0.15) is 0 Å². The van der Waals surface area contributed by atoms with Gasteiger partial charge in [0.2, 0.25) is 0 Å². The minimum Gasteiger partial charge on any atom is -0.310 e. The van der Waals surface area contributed by atoms with Crippen LogP contribution in [-0.4, -0.2) is 29.5 Å². The van der Waals surface area contributed by atoms with Gasteiger partial charge in [-0.05, 0) is 25.0 Å². The van der Waals surface area contributed by atoms with Crippen molar-refractivity contribution in [2.24, 2.45) is 0 Å². The highest BCUT2D eigenvalue weighted by Gasteiger charge is 2.23. The van der Waals surface area contributed by atoms with Crippen molar-refractivity contribution >= 4 is 23.4 Å². The number of thioether (sulfide) groups is 1. The van der Waals surface area contributed by atoms with E-state index in [4.69, 9.17) is 11.6 Å². The summed E-state index contributed by atoms with van der Waals surface area (Å²) < 4.78 is 0. The Kier molecular flexibility index (Phi) is 6.74. The third-order valence-corrected chi connectivity index (χ3v) is 3.98. The molecule has 1 rings (SSSR count). The van der Waals surface area contributed by atoms with E-state index in [2.05, 4.69) is 30.1 Å². The van der Waals surface area contributed by atoms with Crippen LogP contribution in [0, 0.1) is 0 Å². The van der Waals surface area contributed by atoms with Crippen LogP contribution in [0.5, 0.6) is 0 Å². The number of nitrogens with one attached hydrogen (secondary N) is 1. The molecule has 1 fully saturated rings. The zero-order valence-corrected chi connectivity index (χ0v) is 10.4. The van der Waals surface area contributed by atoms with Gasteiger partial charge >= 0.3 is 0 Å². The van der Waals surface area contributed by atoms with Crippen LogP contribution in [0.15, 0.2) is 12.2 Å². The van der Waals surface area contributed by atoms with Crippen LogP contribution in [-0.2, 0) is 0 Å². The summed E-state index contributed by atoms with van der Waals surface area (Å²) in [6.45, 7) is 3.22. The smallest absolute Gasteiger partial charge is 0.0404 e. The Balaban J connectivity index is 2.07. The normalized spacial score (nSPS) is 27.6. The van der Waals surface area contributed by atoms with Gasteiger partial charge in [-0.2, -0.15) is 11.8 Å². The van der Waals surface area contributed by atoms with Gasteiger partial charge in [0, 0.05) is 23.7 Å². The average Bonchev–Trinajstić information content (AvgIpc) is 2.61. The second-order valence-electron chi connectivity index (χ2n) is 3.62. The number of hydrogen-bond donors (Lipinski definition) is 1. The molecule has 82 valence electrons. The molecule has 1 aliphatic carbocycles. The van der Waals surface area contributed by atoms with Gasteiger partial charge in [0.25, 0.3) is 0 Å². The first-order valence-electron chi connectivity index (χ1n) is 5.42. The number of rotatable bonds is 6. The fourth-order valence-electron chi connectivity index (χ4n) is 1.89. The molecular weight excluding hydrogens is 214 g/mol. The molecule has 0 aromatic carbocycles. The summed E-state index contributed by atoms with van der Waals surface area (Å²) in [6, 6.07) is 0.735. The van der Waals surface area contributed by atoms with Gasteiger partial charge in [-0.3, -0.25) is 0 Å². The summed E-state index contributed by atoms with van der Waals surface area (Å²) >= 11 is 7.65. The molecule has 0 aliphatic heterocycles. The predicted octanol–water partition coefficient (Wildman–Crippen LogP) is 3.05. The molecule has 1 nitrogen and oxygen atoms in total. The summed E-state index contributed by atoms with van der Waals surface area (Å²) in [5.74, 6) is 1.88. The zero-order valence-electron chi connectivity index (χ0n) is 8.84. The third-order valence-electron chi connectivity index (χ3n) is 2.57. The Labute approximate surface area is 96.7 Å². The van der Waals surface area contributed by atoms with E-state index in [1.54, 1.807) is 0 Å². The van der Waals surface area contributed by atoms with E-state index < -0.39 is 0 Å². The van der Waals surface area contributed by atoms with Crippen molar-refractivity contribution < 1.29 is 0 Å². The lowest BCUT2D eigenvalue weighted by Gasteiger charge is -2.10. The van der Waals surface area contributed by atoms with Crippen molar-refractivity contribution in [2.75, 3.05) is 18.2 Å². The van der Waals surface area contributed by atoms with Crippen molar-refractivity contribution in [3.8, 4) is 0 Å². The molecule has 1 aliphatic rings. The van der Waals surface area contributed by atoms with Crippen molar-refractivity contribution in [2.45, 2.75) is 37.5 Å². The van der Waals surface area contributed by atoms with Crippen molar-refractivity contribution in [3.63, 3.8) is 0 Å². The number of hydrogen-bond acceptors (Lipinski definition) is 2. The minimum atomic E-state index is 0.626. The Bertz CT molecular complexity index is 173. The second-order valence-corrected chi connectivity index (χ2v) is 5.51. The monoisotopic (exact) mass is 233 g/mol. The fraction of sp³-hybridized carbons (Fsp3) is 0.818. The largest absolute Gasteiger partial charge is 0.310 e. The molecule has 2 unspecified atom stereocenters. The maximum absolute atomic E-state index is 5.54. The Hall–Kier alpha value is 0.340. The molecule has 1 N–H and O–H groups in total. The van der Waals surface area contributed by atoms with Crippen molar-refractivity contribution in [3.05, 3.63) is 12.2 Å². The molecule has 0 spiro atoms. The van der Waals surface area contributed by atoms with Crippen LogP contribution in [0.25, 0.3) is 0 Å². The number of halogens is 1. The van der Waals surface area contributed by atoms with Crippen molar-refractivity contribution in [1.82, 2.24) is 5.32 Å². The SMILES string of the molecule is CCSC1CCC(NC/C=C/CCl)C1. The van der Waals surface area contributed by atoms with E-state index in [0.717, 1.165) is 17.8 Å². The summed E-state index contributed by atoms with van der Waals surface area (Å²) in [5.41, 5.74) is 0. The molecule has 0 bridgehead atoms. The van der Waals surface area contributed by atoms with Gasteiger partial charge in [-0.1, -0.05) is 19.1 Å². The zero-order chi connectivity index (χ0) is 10.2. The second kappa shape index (κ2) is 7.61. The highest BCUT2D eigenvalue weighted by molar-refractivity contribution is 7.99. The molecule has 3 heteroatoms. The van der Waals surface area contributed by atoms with Gasteiger partial charge in [-0.15, -0.1) is 11.6 Å². The molecule has 0 heterocycles. The lowest BCUT2D eigenvalue weighted by Crippen LogP contribution is -2.26. The van der Waals surface area contributed by atoms with Crippen LogP contribution in [0.2, 0.25) is 0 Å². The van der Waals surface area contributed by atoms with E-state index in [1.807, 2.05) is 6.08 Å². The topological polar surface area (TPSA) is 12.0 Å². The summed E-state index contributed by atoms with van der Waals surface area (Å²) in [7, 11) is 0. The van der Waals surface area contributed by atoms with Crippen LogP contribution >= 0.6 is 23.4 Å². The van der Waals surface area contributed by atoms with Gasteiger partial charge < -0.3 is 5.32 Å². The van der Waals surface area contributed by atoms with E-state index in [1.165, 1.54) is 25.0 Å². The van der Waals surface area contributed by atoms with Gasteiger partial charge in [-0.25, -0.2) is 0 Å². The Morgan fingerprint density at radius 3 is 3.00 bits per heavy atom. The molecule has 0 amide bonds. The molecule has 14 heavy (non-hydrogen) atoms. The average molecular weight is 234 g/mol. The Morgan fingerprint density at radius 2 is 2.29 bits per heavy atom. The maximum atomic E-state index is 5.54. The first-order chi connectivity index (χ1) is 6.86. The molecule has 0 saturated heterocycles. The maximum Gasteiger partial charge on any atom is 0.0404 e. The molecule has 0 radical (unpaired) electrons. The first-order valence-corrected chi connectivity index (χ1v) is 7.01. The predicted molar refractivity (Wildman–Crippen MR) is 67.4 cm³/mol. The van der Waals surface area contributed by atoms with E-state index in [-0.39, 0.29) is 0 Å². The summed E-state index contributed by atoms with van der Waals surface area (Å²) in [4.78, 5) is 0. The molecule has 1 saturated carbocycles. The lowest BCUT2D eigenvalue weighted by molar-refractivity contribution is 0.557. The Morgan fingerprint density at radius 1 is 1.43 bits per heavy atom. The highest BCUT2D eigenvalue weighted by Crippen LogP contribution is 2.29. The number of allylic oxidation sites excluding steroid dienone is 1. The summed E-state index contributed by atoms with van der Waals surface area (Å²) in [6.07, 6.45) is 8.18. The van der Waals surface area contributed by atoms with Crippen LogP contribution < -0.4 is 5.32 Å². The van der Waals surface area contributed by atoms with Gasteiger partial charge in [0.15, 0.2) is 0 Å². The minimum absolute atomic E-state index is 0.626. The molecule has 0 aromatic heterocycles. The highest BCUT2D eigenvalue weighted by atomic mass is 35.5. The number of alkyl halides is 1. The van der Waals surface area contributed by atoms with E-state index >= 15 is 0 Å². The standard InChI is InChI=1S/C11H20ClNS/c1-2-14-11-6-5-10(9-11)13-8-4-3-7-12/h3-4,10-11,13H,2,5-9H2,1H3/b4-3+. The molecular formula is C11H20ClNS. The summed E-state index contributed by atoms with van der Waals surface area (Å²) in [5, 5.41) is 4.44. The molecule has 2 atom stereocenters. The van der Waals surface area contributed by atoms with Crippen molar-refractivity contribution in [1.29, 1.82) is 0 Å². The third kappa shape index (κ3) is 4.72. The van der Waals surface area contributed by atoms with E-state index in [9.17, 15) is 0 Å². The van der Waals surface area contributed by atoms with Crippen LogP contribution in [0.3, 0.4) is 0 Å². The first kappa shape index (κ1) is 12.4. The van der Waals surface area contributed by atoms with Crippen LogP contribution in [0.4, 0.5) is 0 Å². The lowest BCUT2D eigenvalue weighted by atomic mass is 10.2.